The quantitative estimate of drug-likeness (QED) is 0.744. The van der Waals surface area contributed by atoms with E-state index < -0.39 is 5.97 Å². The molecule has 118 valence electrons. The second-order valence-corrected chi connectivity index (χ2v) is 7.15. The highest BCUT2D eigenvalue weighted by molar-refractivity contribution is 7.99. The fourth-order valence-electron chi connectivity index (χ4n) is 2.26. The van der Waals surface area contributed by atoms with Gasteiger partial charge in [0.2, 0.25) is 5.95 Å². The van der Waals surface area contributed by atoms with Gasteiger partial charge in [0.25, 0.3) is 0 Å². The van der Waals surface area contributed by atoms with Crippen LogP contribution >= 0.6 is 11.8 Å². The molecular formula is C14H24N4O2S. The molecule has 0 saturated heterocycles. The summed E-state index contributed by atoms with van der Waals surface area (Å²) in [6, 6.07) is 0.770. The number of rotatable bonds is 8. The highest BCUT2D eigenvalue weighted by Gasteiger charge is 2.32. The second kappa shape index (κ2) is 6.68. The Balaban J connectivity index is 2.27. The van der Waals surface area contributed by atoms with Crippen LogP contribution in [0.5, 0.6) is 0 Å². The van der Waals surface area contributed by atoms with Crippen LogP contribution in [-0.4, -0.2) is 44.2 Å². The number of anilines is 1. The normalized spacial score (nSPS) is 15.0. The van der Waals surface area contributed by atoms with Crippen molar-refractivity contribution in [3.63, 3.8) is 0 Å². The fourth-order valence-corrected chi connectivity index (χ4v) is 2.98. The first-order chi connectivity index (χ1) is 9.90. The molecular weight excluding hydrogens is 288 g/mol. The third-order valence-corrected chi connectivity index (χ3v) is 4.25. The Morgan fingerprint density at radius 3 is 2.52 bits per heavy atom. The molecule has 0 radical (unpaired) electrons. The molecule has 0 spiro atoms. The molecule has 0 atom stereocenters. The molecule has 1 aliphatic rings. The predicted octanol–water partition coefficient (Wildman–Crippen LogP) is 2.66. The van der Waals surface area contributed by atoms with Crippen molar-refractivity contribution < 1.29 is 9.90 Å². The lowest BCUT2D eigenvalue weighted by Gasteiger charge is -2.29. The van der Waals surface area contributed by atoms with Crippen molar-refractivity contribution in [3.05, 3.63) is 0 Å². The molecule has 6 nitrogen and oxygen atoms in total. The second-order valence-electron chi connectivity index (χ2n) is 6.21. The summed E-state index contributed by atoms with van der Waals surface area (Å²) in [4.78, 5) is 13.0. The molecule has 1 heterocycles. The van der Waals surface area contributed by atoms with Crippen LogP contribution in [0.4, 0.5) is 5.95 Å². The van der Waals surface area contributed by atoms with Crippen molar-refractivity contribution in [2.75, 3.05) is 17.2 Å². The largest absolute Gasteiger partial charge is 0.481 e. The number of carboxylic acid groups (broad SMARTS) is 1. The molecule has 1 aromatic rings. The van der Waals surface area contributed by atoms with E-state index in [1.807, 2.05) is 0 Å². The van der Waals surface area contributed by atoms with Gasteiger partial charge in [-0.3, -0.25) is 9.36 Å². The van der Waals surface area contributed by atoms with Crippen molar-refractivity contribution in [1.82, 2.24) is 14.8 Å². The lowest BCUT2D eigenvalue weighted by molar-refractivity contribution is -0.133. The highest BCUT2D eigenvalue weighted by atomic mass is 32.2. The minimum atomic E-state index is -0.824. The Bertz CT molecular complexity index is 497. The summed E-state index contributed by atoms with van der Waals surface area (Å²) in [5.74, 6) is 0.618. The Morgan fingerprint density at radius 1 is 1.38 bits per heavy atom. The molecule has 0 aliphatic heterocycles. The summed E-state index contributed by atoms with van der Waals surface area (Å²) in [7, 11) is 0. The van der Waals surface area contributed by atoms with Crippen LogP contribution in [0.15, 0.2) is 5.16 Å². The number of nitrogens with zero attached hydrogens (tertiary/aromatic N) is 4. The van der Waals surface area contributed by atoms with Gasteiger partial charge in [0.15, 0.2) is 5.16 Å². The Labute approximate surface area is 129 Å². The van der Waals surface area contributed by atoms with Gasteiger partial charge >= 0.3 is 5.97 Å². The van der Waals surface area contributed by atoms with Crippen LogP contribution in [0.3, 0.4) is 0 Å². The third kappa shape index (κ3) is 4.12. The first-order valence-corrected chi connectivity index (χ1v) is 8.44. The topological polar surface area (TPSA) is 71.2 Å². The Kier molecular flexibility index (Phi) is 5.13. The SMILES string of the molecule is CC(C)CN(c1nnc(SCC(=O)O)n1C1CC1)C(C)C. The van der Waals surface area contributed by atoms with Gasteiger partial charge in [-0.25, -0.2) is 0 Å². The van der Waals surface area contributed by atoms with E-state index in [4.69, 9.17) is 5.11 Å². The monoisotopic (exact) mass is 312 g/mol. The molecule has 1 aliphatic carbocycles. The number of aromatic nitrogens is 3. The molecule has 0 bridgehead atoms. The van der Waals surface area contributed by atoms with Crippen molar-refractivity contribution in [2.24, 2.45) is 5.92 Å². The third-order valence-electron chi connectivity index (χ3n) is 3.33. The average Bonchev–Trinajstić information content (AvgIpc) is 3.13. The minimum absolute atomic E-state index is 0.0245. The smallest absolute Gasteiger partial charge is 0.313 e. The van der Waals surface area contributed by atoms with Crippen molar-refractivity contribution in [2.45, 2.75) is 57.8 Å². The fraction of sp³-hybridized carbons (Fsp3) is 0.786. The number of aliphatic carboxylic acids is 1. The van der Waals surface area contributed by atoms with Gasteiger partial charge in [-0.1, -0.05) is 25.6 Å². The number of hydrogen-bond donors (Lipinski definition) is 1. The van der Waals surface area contributed by atoms with E-state index in [0.717, 1.165) is 30.5 Å². The van der Waals surface area contributed by atoms with Gasteiger partial charge in [0, 0.05) is 18.6 Å². The van der Waals surface area contributed by atoms with Gasteiger partial charge in [-0.05, 0) is 32.6 Å². The van der Waals surface area contributed by atoms with Gasteiger partial charge in [-0.2, -0.15) is 0 Å². The van der Waals surface area contributed by atoms with E-state index in [9.17, 15) is 4.79 Å². The minimum Gasteiger partial charge on any atom is -0.481 e. The number of hydrogen-bond acceptors (Lipinski definition) is 5. The van der Waals surface area contributed by atoms with Crippen LogP contribution in [0, 0.1) is 5.92 Å². The van der Waals surface area contributed by atoms with Gasteiger partial charge in [0.05, 0.1) is 5.75 Å². The Hall–Kier alpha value is -1.24. The molecule has 0 amide bonds. The van der Waals surface area contributed by atoms with Crippen LogP contribution in [0.25, 0.3) is 0 Å². The zero-order valence-electron chi connectivity index (χ0n) is 13.1. The van der Waals surface area contributed by atoms with Crippen molar-refractivity contribution in [3.8, 4) is 0 Å². The predicted molar refractivity (Wildman–Crippen MR) is 84.0 cm³/mol. The maximum Gasteiger partial charge on any atom is 0.313 e. The lowest BCUT2D eigenvalue weighted by Crippen LogP contribution is -2.36. The molecule has 1 saturated carbocycles. The van der Waals surface area contributed by atoms with Crippen molar-refractivity contribution >= 4 is 23.7 Å². The van der Waals surface area contributed by atoms with Gasteiger partial charge in [0.1, 0.15) is 0 Å². The zero-order valence-corrected chi connectivity index (χ0v) is 13.9. The number of thioether (sulfide) groups is 1. The van der Waals surface area contributed by atoms with Crippen LogP contribution in [0.1, 0.15) is 46.6 Å². The molecule has 21 heavy (non-hydrogen) atoms. The summed E-state index contributed by atoms with van der Waals surface area (Å²) >= 11 is 1.26. The van der Waals surface area contributed by atoms with Crippen molar-refractivity contribution in [1.29, 1.82) is 0 Å². The molecule has 7 heteroatoms. The highest BCUT2D eigenvalue weighted by Crippen LogP contribution is 2.41. The van der Waals surface area contributed by atoms with E-state index >= 15 is 0 Å². The molecule has 2 rings (SSSR count). The summed E-state index contributed by atoms with van der Waals surface area (Å²) < 4.78 is 2.13. The molecule has 0 unspecified atom stereocenters. The number of carboxylic acids is 1. The molecule has 1 N–H and O–H groups in total. The van der Waals surface area contributed by atoms with E-state index in [0.29, 0.717) is 18.0 Å². The summed E-state index contributed by atoms with van der Waals surface area (Å²) in [6.45, 7) is 9.60. The van der Waals surface area contributed by atoms with E-state index in [-0.39, 0.29) is 5.75 Å². The molecule has 0 aromatic carbocycles. The van der Waals surface area contributed by atoms with Gasteiger partial charge in [-0.15, -0.1) is 10.2 Å². The zero-order chi connectivity index (χ0) is 15.6. The van der Waals surface area contributed by atoms with Crippen LogP contribution in [0.2, 0.25) is 0 Å². The first-order valence-electron chi connectivity index (χ1n) is 7.46. The van der Waals surface area contributed by atoms with E-state index in [2.05, 4.69) is 47.4 Å². The number of carbonyl (C=O) groups is 1. The first kappa shape index (κ1) is 16.1. The lowest BCUT2D eigenvalue weighted by atomic mass is 10.2. The summed E-state index contributed by atoms with van der Waals surface area (Å²) in [6.07, 6.45) is 2.25. The van der Waals surface area contributed by atoms with Crippen LogP contribution in [-0.2, 0) is 4.79 Å². The van der Waals surface area contributed by atoms with E-state index in [1.165, 1.54) is 11.8 Å². The maximum absolute atomic E-state index is 10.8. The average molecular weight is 312 g/mol. The Morgan fingerprint density at radius 2 is 2.05 bits per heavy atom. The maximum atomic E-state index is 10.8. The summed E-state index contributed by atoms with van der Waals surface area (Å²) in [5, 5.41) is 18.2. The molecule has 1 fully saturated rings. The van der Waals surface area contributed by atoms with E-state index in [1.54, 1.807) is 0 Å². The van der Waals surface area contributed by atoms with Gasteiger partial charge < -0.3 is 10.0 Å². The standard InChI is InChI=1S/C14H24N4O2S/c1-9(2)7-17(10(3)4)13-15-16-14(21-8-12(19)20)18(13)11-5-6-11/h9-11H,5-8H2,1-4H3,(H,19,20). The van der Waals surface area contributed by atoms with Crippen LogP contribution < -0.4 is 4.90 Å². The molecule has 1 aromatic heterocycles. The summed E-state index contributed by atoms with van der Waals surface area (Å²) in [5.41, 5.74) is 0.